The number of ether oxygens (including phenoxy) is 2. The van der Waals surface area contributed by atoms with E-state index in [4.69, 9.17) is 9.47 Å². The third-order valence-corrected chi connectivity index (χ3v) is 3.62. The summed E-state index contributed by atoms with van der Waals surface area (Å²) in [6.07, 6.45) is 0.820. The van der Waals surface area contributed by atoms with E-state index in [1.807, 2.05) is 37.3 Å². The molecular weight excluding hydrogens is 362 g/mol. The molecule has 5 nitrogen and oxygen atoms in total. The van der Waals surface area contributed by atoms with Crippen LogP contribution in [0, 0.1) is 0 Å². The summed E-state index contributed by atoms with van der Waals surface area (Å²) in [4.78, 5) is 26.0. The van der Waals surface area contributed by atoms with Crippen molar-refractivity contribution in [3.8, 4) is 0 Å². The van der Waals surface area contributed by atoms with Crippen LogP contribution in [0.15, 0.2) is 30.3 Å². The number of hydrogen-bond donors (Lipinski definition) is 0. The van der Waals surface area contributed by atoms with Crippen molar-refractivity contribution in [3.63, 3.8) is 0 Å². The quantitative estimate of drug-likeness (QED) is 0.479. The van der Waals surface area contributed by atoms with E-state index < -0.39 is 12.1 Å². The predicted molar refractivity (Wildman–Crippen MR) is 92.5 cm³/mol. The van der Waals surface area contributed by atoms with Crippen LogP contribution in [0.2, 0.25) is 0 Å². The van der Waals surface area contributed by atoms with Crippen molar-refractivity contribution in [1.29, 1.82) is 0 Å². The fourth-order valence-corrected chi connectivity index (χ4v) is 2.56. The second-order valence-corrected chi connectivity index (χ2v) is 5.77. The van der Waals surface area contributed by atoms with Crippen LogP contribution in [0.25, 0.3) is 0 Å². The van der Waals surface area contributed by atoms with Crippen molar-refractivity contribution in [2.75, 3.05) is 18.5 Å². The average molecular weight is 386 g/mol. The number of hydrogen-bond acceptors (Lipinski definition) is 4. The minimum absolute atomic E-state index is 0.181. The molecule has 1 atom stereocenters. The monoisotopic (exact) mass is 385 g/mol. The smallest absolute Gasteiger partial charge is 0.410 e. The molecule has 0 unspecified atom stereocenters. The maximum absolute atomic E-state index is 12.4. The van der Waals surface area contributed by atoms with E-state index in [0.29, 0.717) is 24.9 Å². The van der Waals surface area contributed by atoms with Crippen LogP contribution >= 0.6 is 15.9 Å². The molecular formula is C17H24BrNO4. The second kappa shape index (κ2) is 11.0. The van der Waals surface area contributed by atoms with E-state index in [2.05, 4.69) is 15.9 Å². The van der Waals surface area contributed by atoms with Crippen LogP contribution in [-0.2, 0) is 20.9 Å². The maximum atomic E-state index is 12.4. The summed E-state index contributed by atoms with van der Waals surface area (Å²) in [6, 6.07) is 8.84. The minimum Gasteiger partial charge on any atom is -0.464 e. The van der Waals surface area contributed by atoms with Gasteiger partial charge in [0, 0.05) is 11.9 Å². The van der Waals surface area contributed by atoms with E-state index in [0.717, 1.165) is 12.0 Å². The van der Waals surface area contributed by atoms with Crippen molar-refractivity contribution in [2.24, 2.45) is 0 Å². The Bertz CT molecular complexity index is 481. The van der Waals surface area contributed by atoms with E-state index in [-0.39, 0.29) is 12.6 Å². The first kappa shape index (κ1) is 19.5. The number of amides is 1. The minimum atomic E-state index is -0.610. The Hall–Kier alpha value is -1.56. The highest BCUT2D eigenvalue weighted by Gasteiger charge is 2.30. The summed E-state index contributed by atoms with van der Waals surface area (Å²) in [5.41, 5.74) is 0.905. The van der Waals surface area contributed by atoms with Gasteiger partial charge in [0.15, 0.2) is 0 Å². The normalized spacial score (nSPS) is 11.6. The molecule has 0 radical (unpaired) electrons. The third kappa shape index (κ3) is 6.60. The lowest BCUT2D eigenvalue weighted by Gasteiger charge is -2.28. The van der Waals surface area contributed by atoms with Gasteiger partial charge in [0.05, 0.1) is 6.61 Å². The lowest BCUT2D eigenvalue weighted by Crippen LogP contribution is -2.47. The van der Waals surface area contributed by atoms with Gasteiger partial charge in [-0.1, -0.05) is 59.6 Å². The fraction of sp³-hybridized carbons (Fsp3) is 0.529. The standard InChI is InChI=1S/C17H24BrNO4/c1-3-8-15(16(20)22-4-2)19(12-11-18)17(21)23-13-14-9-6-5-7-10-14/h5-7,9-10,15H,3-4,8,11-13H2,1-2H3/t15-/m0/s1. The SMILES string of the molecule is CCC[C@@H](C(=O)OCC)N(CCBr)C(=O)OCc1ccccc1. The highest BCUT2D eigenvalue weighted by Crippen LogP contribution is 2.13. The molecule has 1 amide bonds. The molecule has 0 aliphatic rings. The zero-order valence-electron chi connectivity index (χ0n) is 13.7. The summed E-state index contributed by atoms with van der Waals surface area (Å²) in [7, 11) is 0. The Kier molecular flexibility index (Phi) is 9.36. The molecule has 1 rings (SSSR count). The Morgan fingerprint density at radius 1 is 1.17 bits per heavy atom. The number of carbonyl (C=O) groups excluding carboxylic acids is 2. The fourth-order valence-electron chi connectivity index (χ4n) is 2.18. The topological polar surface area (TPSA) is 55.8 Å². The van der Waals surface area contributed by atoms with Gasteiger partial charge in [-0.05, 0) is 18.9 Å². The Balaban J connectivity index is 2.75. The Labute approximate surface area is 146 Å². The summed E-state index contributed by atoms with van der Waals surface area (Å²) < 4.78 is 10.4. The molecule has 0 heterocycles. The number of rotatable bonds is 9. The zero-order chi connectivity index (χ0) is 17.1. The van der Waals surface area contributed by atoms with Crippen LogP contribution < -0.4 is 0 Å². The first-order valence-electron chi connectivity index (χ1n) is 7.83. The molecule has 128 valence electrons. The average Bonchev–Trinajstić information content (AvgIpc) is 2.57. The molecule has 0 aliphatic heterocycles. The molecule has 0 saturated carbocycles. The molecule has 0 fully saturated rings. The van der Waals surface area contributed by atoms with Gasteiger partial charge in [0.2, 0.25) is 0 Å². The number of esters is 1. The molecule has 6 heteroatoms. The number of nitrogens with zero attached hydrogens (tertiary/aromatic N) is 1. The van der Waals surface area contributed by atoms with Gasteiger partial charge in [-0.3, -0.25) is 4.90 Å². The van der Waals surface area contributed by atoms with Crippen LogP contribution in [0.1, 0.15) is 32.3 Å². The van der Waals surface area contributed by atoms with E-state index in [9.17, 15) is 9.59 Å². The number of halogens is 1. The highest BCUT2D eigenvalue weighted by molar-refractivity contribution is 9.09. The van der Waals surface area contributed by atoms with Crippen LogP contribution in [0.5, 0.6) is 0 Å². The first-order chi connectivity index (χ1) is 11.1. The van der Waals surface area contributed by atoms with E-state index in [1.165, 1.54) is 4.90 Å². The second-order valence-electron chi connectivity index (χ2n) is 4.98. The van der Waals surface area contributed by atoms with Gasteiger partial charge in [0.25, 0.3) is 0 Å². The molecule has 0 bridgehead atoms. The lowest BCUT2D eigenvalue weighted by atomic mass is 10.1. The number of benzene rings is 1. The predicted octanol–water partition coefficient (Wildman–Crippen LogP) is 3.75. The first-order valence-corrected chi connectivity index (χ1v) is 8.96. The zero-order valence-corrected chi connectivity index (χ0v) is 15.3. The van der Waals surface area contributed by atoms with Crippen LogP contribution in [0.3, 0.4) is 0 Å². The van der Waals surface area contributed by atoms with Crippen molar-refractivity contribution in [2.45, 2.75) is 39.3 Å². The highest BCUT2D eigenvalue weighted by atomic mass is 79.9. The molecule has 0 saturated heterocycles. The van der Waals surface area contributed by atoms with Gasteiger partial charge >= 0.3 is 12.1 Å². The number of alkyl halides is 1. The van der Waals surface area contributed by atoms with Gasteiger partial charge in [-0.25, -0.2) is 9.59 Å². The van der Waals surface area contributed by atoms with Crippen molar-refractivity contribution in [1.82, 2.24) is 4.90 Å². The molecule has 1 aromatic rings. The molecule has 0 aliphatic carbocycles. The van der Waals surface area contributed by atoms with Gasteiger partial charge in [0.1, 0.15) is 12.6 Å². The molecule has 0 N–H and O–H groups in total. The Morgan fingerprint density at radius 3 is 2.43 bits per heavy atom. The van der Waals surface area contributed by atoms with Crippen molar-refractivity contribution in [3.05, 3.63) is 35.9 Å². The van der Waals surface area contributed by atoms with Crippen molar-refractivity contribution < 1.29 is 19.1 Å². The third-order valence-electron chi connectivity index (χ3n) is 3.26. The molecule has 23 heavy (non-hydrogen) atoms. The summed E-state index contributed by atoms with van der Waals surface area (Å²) in [5.74, 6) is -0.382. The van der Waals surface area contributed by atoms with E-state index in [1.54, 1.807) is 6.92 Å². The summed E-state index contributed by atoms with van der Waals surface area (Å²) in [6.45, 7) is 4.58. The largest absolute Gasteiger partial charge is 0.464 e. The summed E-state index contributed by atoms with van der Waals surface area (Å²) in [5, 5.41) is 0.563. The van der Waals surface area contributed by atoms with Crippen LogP contribution in [0.4, 0.5) is 4.79 Å². The Morgan fingerprint density at radius 2 is 1.87 bits per heavy atom. The van der Waals surface area contributed by atoms with Gasteiger partial charge in [-0.2, -0.15) is 0 Å². The maximum Gasteiger partial charge on any atom is 0.410 e. The van der Waals surface area contributed by atoms with Crippen molar-refractivity contribution >= 4 is 28.0 Å². The summed E-state index contributed by atoms with van der Waals surface area (Å²) >= 11 is 3.32. The molecule has 0 spiro atoms. The van der Waals surface area contributed by atoms with Gasteiger partial charge in [-0.15, -0.1) is 0 Å². The van der Waals surface area contributed by atoms with E-state index >= 15 is 0 Å². The molecule has 1 aromatic carbocycles. The molecule has 0 aromatic heterocycles. The van der Waals surface area contributed by atoms with Gasteiger partial charge < -0.3 is 9.47 Å². The lowest BCUT2D eigenvalue weighted by molar-refractivity contribution is -0.149. The van der Waals surface area contributed by atoms with Crippen LogP contribution in [-0.4, -0.2) is 41.5 Å². The number of carbonyl (C=O) groups is 2.